The second kappa shape index (κ2) is 11.2. The van der Waals surface area contributed by atoms with Gasteiger partial charge in [-0.2, -0.15) is 0 Å². The number of hydrogen-bond donors (Lipinski definition) is 2. The van der Waals surface area contributed by atoms with Crippen LogP contribution in [-0.2, 0) is 4.79 Å². The highest BCUT2D eigenvalue weighted by Crippen LogP contribution is 2.41. The third-order valence-corrected chi connectivity index (χ3v) is 7.38. The molecule has 0 aliphatic carbocycles. The second-order valence-electron chi connectivity index (χ2n) is 9.46. The molecule has 0 bridgehead atoms. The van der Waals surface area contributed by atoms with Crippen LogP contribution in [0.15, 0.2) is 79.0 Å². The molecule has 3 heterocycles. The van der Waals surface area contributed by atoms with Gasteiger partial charge in [-0.3, -0.25) is 9.78 Å². The Bertz CT molecular complexity index is 1510. The van der Waals surface area contributed by atoms with Gasteiger partial charge in [-0.05, 0) is 74.1 Å². The molecular formula is C30H30FN5O2S. The Labute approximate surface area is 232 Å². The summed E-state index contributed by atoms with van der Waals surface area (Å²) in [7, 11) is 1.66. The predicted molar refractivity (Wildman–Crippen MR) is 154 cm³/mol. The number of rotatable bonds is 8. The van der Waals surface area contributed by atoms with E-state index in [-0.39, 0.29) is 30.1 Å². The van der Waals surface area contributed by atoms with Crippen LogP contribution in [0.25, 0.3) is 5.69 Å². The zero-order valence-electron chi connectivity index (χ0n) is 22.0. The molecule has 9 heteroatoms. The lowest BCUT2D eigenvalue weighted by molar-refractivity contribution is -0.116. The minimum Gasteiger partial charge on any atom is -0.497 e. The highest BCUT2D eigenvalue weighted by molar-refractivity contribution is 7.80. The number of hydrogen-bond acceptors (Lipinski definition) is 4. The first-order chi connectivity index (χ1) is 18.9. The van der Waals surface area contributed by atoms with Crippen LogP contribution in [-0.4, -0.2) is 39.1 Å². The fourth-order valence-corrected chi connectivity index (χ4v) is 5.55. The number of ether oxygens (including phenoxy) is 1. The van der Waals surface area contributed by atoms with Gasteiger partial charge in [-0.1, -0.05) is 24.3 Å². The Kier molecular flexibility index (Phi) is 7.60. The number of thiocarbonyl (C=S) groups is 1. The van der Waals surface area contributed by atoms with Gasteiger partial charge in [-0.15, -0.1) is 0 Å². The molecule has 1 amide bonds. The zero-order valence-corrected chi connectivity index (χ0v) is 22.8. The molecule has 1 saturated heterocycles. The van der Waals surface area contributed by atoms with E-state index in [2.05, 4.69) is 40.1 Å². The maximum Gasteiger partial charge on any atom is 0.226 e. The normalized spacial score (nSPS) is 16.7. The summed E-state index contributed by atoms with van der Waals surface area (Å²) in [4.78, 5) is 19.4. The fourth-order valence-electron chi connectivity index (χ4n) is 5.22. The first kappa shape index (κ1) is 26.4. The Morgan fingerprint density at radius 2 is 1.90 bits per heavy atom. The van der Waals surface area contributed by atoms with Crippen LogP contribution in [0, 0.1) is 19.7 Å². The topological polar surface area (TPSA) is 71.4 Å². The first-order valence-corrected chi connectivity index (χ1v) is 13.1. The smallest absolute Gasteiger partial charge is 0.226 e. The van der Waals surface area contributed by atoms with Gasteiger partial charge in [0.25, 0.3) is 0 Å². The monoisotopic (exact) mass is 543 g/mol. The standard InChI is InChI=1S/C30H30FN5O2S/c1-19-17-23(20(2)36(19)21-9-8-10-22(18-21)38-3)29-28(26-13-6-7-15-32-26)34-30(39)35(29)16-14-27(37)33-25-12-5-4-11-24(25)31/h4-13,15,17-18,28-29H,14,16H2,1-3H3,(H,33,37)(H,34,39)/t28-,29-/m1/s1. The minimum absolute atomic E-state index is 0.135. The molecule has 0 radical (unpaired) electrons. The lowest BCUT2D eigenvalue weighted by atomic mass is 9.96. The molecule has 1 aliphatic rings. The van der Waals surface area contributed by atoms with Crippen LogP contribution in [0.1, 0.15) is 41.1 Å². The first-order valence-electron chi connectivity index (χ1n) is 12.7. The fraction of sp³-hybridized carbons (Fsp3) is 0.233. The minimum atomic E-state index is -0.470. The Hall–Kier alpha value is -4.24. The van der Waals surface area contributed by atoms with E-state index in [0.29, 0.717) is 11.7 Å². The molecule has 7 nitrogen and oxygen atoms in total. The van der Waals surface area contributed by atoms with Crippen LogP contribution in [0.5, 0.6) is 5.75 Å². The van der Waals surface area contributed by atoms with Crippen molar-refractivity contribution < 1.29 is 13.9 Å². The number of benzene rings is 2. The van der Waals surface area contributed by atoms with E-state index >= 15 is 0 Å². The second-order valence-corrected chi connectivity index (χ2v) is 9.85. The van der Waals surface area contributed by atoms with E-state index in [4.69, 9.17) is 17.0 Å². The average Bonchev–Trinajstić information content (AvgIpc) is 3.43. The van der Waals surface area contributed by atoms with Crippen molar-refractivity contribution in [3.8, 4) is 11.4 Å². The highest BCUT2D eigenvalue weighted by atomic mass is 32.1. The van der Waals surface area contributed by atoms with Crippen LogP contribution in [0.4, 0.5) is 10.1 Å². The van der Waals surface area contributed by atoms with Crippen molar-refractivity contribution in [2.75, 3.05) is 19.0 Å². The number of methoxy groups -OCH3 is 1. The molecule has 1 fully saturated rings. The van der Waals surface area contributed by atoms with Gasteiger partial charge < -0.3 is 24.8 Å². The summed E-state index contributed by atoms with van der Waals surface area (Å²) in [5, 5.41) is 6.65. The van der Waals surface area contributed by atoms with Gasteiger partial charge in [-0.25, -0.2) is 4.39 Å². The van der Waals surface area contributed by atoms with E-state index in [1.807, 2.05) is 47.4 Å². The summed E-state index contributed by atoms with van der Waals surface area (Å²) in [6.07, 6.45) is 1.90. The van der Waals surface area contributed by atoms with E-state index in [1.54, 1.807) is 31.5 Å². The Morgan fingerprint density at radius 1 is 1.10 bits per heavy atom. The molecule has 5 rings (SSSR count). The lowest BCUT2D eigenvalue weighted by Gasteiger charge is -2.28. The Morgan fingerprint density at radius 3 is 2.64 bits per heavy atom. The number of pyridine rings is 1. The lowest BCUT2D eigenvalue weighted by Crippen LogP contribution is -2.33. The van der Waals surface area contributed by atoms with E-state index in [0.717, 1.165) is 34.1 Å². The zero-order chi connectivity index (χ0) is 27.5. The summed E-state index contributed by atoms with van der Waals surface area (Å²) in [5.41, 5.74) is 5.20. The molecule has 0 spiro atoms. The van der Waals surface area contributed by atoms with Gasteiger partial charge in [0.2, 0.25) is 5.91 Å². The molecule has 200 valence electrons. The quantitative estimate of drug-likeness (QED) is 0.281. The maximum absolute atomic E-state index is 14.1. The Balaban J connectivity index is 1.48. The summed E-state index contributed by atoms with van der Waals surface area (Å²) in [6.45, 7) is 4.50. The number of amides is 1. The molecule has 2 N–H and O–H groups in total. The number of nitrogens with zero attached hydrogens (tertiary/aromatic N) is 3. The summed E-state index contributed by atoms with van der Waals surface area (Å²) in [5.74, 6) is 0.0196. The number of para-hydroxylation sites is 1. The molecule has 1 aliphatic heterocycles. The molecule has 0 saturated carbocycles. The third kappa shape index (κ3) is 5.35. The van der Waals surface area contributed by atoms with Gasteiger partial charge in [0.1, 0.15) is 11.6 Å². The van der Waals surface area contributed by atoms with Crippen molar-refractivity contribution in [1.29, 1.82) is 0 Å². The molecule has 4 aromatic rings. The van der Waals surface area contributed by atoms with Crippen LogP contribution in [0.3, 0.4) is 0 Å². The summed E-state index contributed by atoms with van der Waals surface area (Å²) < 4.78 is 21.7. The van der Waals surface area contributed by atoms with Crippen molar-refractivity contribution in [2.45, 2.75) is 32.4 Å². The SMILES string of the molecule is COc1cccc(-n2c(C)cc([C@@H]3[C@@H](c4ccccn4)NC(=S)N3CCC(=O)Nc3ccccc3F)c2C)c1. The van der Waals surface area contributed by atoms with E-state index in [9.17, 15) is 9.18 Å². The van der Waals surface area contributed by atoms with Crippen LogP contribution < -0.4 is 15.4 Å². The third-order valence-electron chi connectivity index (χ3n) is 7.03. The molecule has 0 unspecified atom stereocenters. The number of nitrogens with one attached hydrogen (secondary N) is 2. The van der Waals surface area contributed by atoms with Crippen molar-refractivity contribution in [3.05, 3.63) is 107 Å². The molecule has 39 heavy (non-hydrogen) atoms. The van der Waals surface area contributed by atoms with E-state index in [1.165, 1.54) is 6.07 Å². The number of carbonyl (C=O) groups is 1. The van der Waals surface area contributed by atoms with E-state index < -0.39 is 5.82 Å². The van der Waals surface area contributed by atoms with Gasteiger partial charge >= 0.3 is 0 Å². The van der Waals surface area contributed by atoms with Crippen molar-refractivity contribution in [3.63, 3.8) is 0 Å². The van der Waals surface area contributed by atoms with Crippen LogP contribution in [0.2, 0.25) is 0 Å². The molecular weight excluding hydrogens is 513 g/mol. The van der Waals surface area contributed by atoms with Gasteiger partial charge in [0.05, 0.1) is 30.6 Å². The molecule has 2 atom stereocenters. The number of halogens is 1. The number of aromatic nitrogens is 2. The predicted octanol–water partition coefficient (Wildman–Crippen LogP) is 5.64. The number of carbonyl (C=O) groups excluding carboxylic acids is 1. The average molecular weight is 544 g/mol. The van der Waals surface area contributed by atoms with Gasteiger partial charge in [0.15, 0.2) is 5.11 Å². The maximum atomic E-state index is 14.1. The van der Waals surface area contributed by atoms with Crippen molar-refractivity contribution >= 4 is 28.9 Å². The number of aryl methyl sites for hydroxylation is 1. The van der Waals surface area contributed by atoms with Crippen molar-refractivity contribution in [2.24, 2.45) is 0 Å². The summed E-state index contributed by atoms with van der Waals surface area (Å²) in [6, 6.07) is 21.6. The highest BCUT2D eigenvalue weighted by Gasteiger charge is 2.41. The number of anilines is 1. The van der Waals surface area contributed by atoms with Gasteiger partial charge in [0, 0.05) is 42.3 Å². The van der Waals surface area contributed by atoms with Crippen LogP contribution >= 0.6 is 12.2 Å². The molecule has 2 aromatic carbocycles. The summed E-state index contributed by atoms with van der Waals surface area (Å²) >= 11 is 5.78. The largest absolute Gasteiger partial charge is 0.497 e. The van der Waals surface area contributed by atoms with Crippen molar-refractivity contribution in [1.82, 2.24) is 19.8 Å². The molecule has 2 aromatic heterocycles.